The van der Waals surface area contributed by atoms with Crippen LogP contribution < -0.4 is 5.32 Å². The van der Waals surface area contributed by atoms with Gasteiger partial charge in [-0.15, -0.1) is 6.58 Å². The first-order valence-corrected chi connectivity index (χ1v) is 10.5. The number of aliphatic carboxylic acids is 1. The van der Waals surface area contributed by atoms with Crippen molar-refractivity contribution < 1.29 is 29.3 Å². The molecular weight excluding hydrogens is 410 g/mol. The Labute approximate surface area is 186 Å². The first-order chi connectivity index (χ1) is 15.3. The van der Waals surface area contributed by atoms with E-state index in [0.29, 0.717) is 0 Å². The number of ether oxygens (including phenoxy) is 1. The van der Waals surface area contributed by atoms with E-state index in [1.165, 1.54) is 13.0 Å². The van der Waals surface area contributed by atoms with Crippen molar-refractivity contribution in [2.45, 2.75) is 37.8 Å². The summed E-state index contributed by atoms with van der Waals surface area (Å²) in [6.45, 7) is 5.00. The van der Waals surface area contributed by atoms with Gasteiger partial charge in [-0.3, -0.25) is 9.59 Å². The Hall–Kier alpha value is -3.45. The summed E-state index contributed by atoms with van der Waals surface area (Å²) < 4.78 is 5.46. The average Bonchev–Trinajstić information content (AvgIpc) is 3.09. The highest BCUT2D eigenvalue weighted by Crippen LogP contribution is 2.44. The van der Waals surface area contributed by atoms with Gasteiger partial charge in [0, 0.05) is 12.3 Å². The second-order valence-corrected chi connectivity index (χ2v) is 7.90. The summed E-state index contributed by atoms with van der Waals surface area (Å²) >= 11 is 0. The Bertz CT molecular complexity index is 969. The summed E-state index contributed by atoms with van der Waals surface area (Å²) in [7, 11) is 0. The molecule has 32 heavy (non-hydrogen) atoms. The number of nitrogens with one attached hydrogen (secondary N) is 1. The summed E-state index contributed by atoms with van der Waals surface area (Å²) in [6, 6.07) is 14.9. The van der Waals surface area contributed by atoms with Gasteiger partial charge >= 0.3 is 12.1 Å². The topological polar surface area (TPSA) is 113 Å². The maximum atomic E-state index is 12.6. The summed E-state index contributed by atoms with van der Waals surface area (Å²) in [5.41, 5.74) is 4.35. The number of carboxylic acids is 1. The monoisotopic (exact) mass is 437 g/mol. The second kappa shape index (κ2) is 10.2. The number of carboxylic acid groups (broad SMARTS) is 1. The van der Waals surface area contributed by atoms with E-state index in [9.17, 15) is 24.6 Å². The maximum Gasteiger partial charge on any atom is 0.407 e. The number of hydrogen-bond acceptors (Lipinski definition) is 5. The minimum absolute atomic E-state index is 0.0975. The molecule has 0 aliphatic heterocycles. The summed E-state index contributed by atoms with van der Waals surface area (Å²) in [4.78, 5) is 36.4. The molecule has 1 unspecified atom stereocenters. The highest BCUT2D eigenvalue weighted by Gasteiger charge is 2.31. The molecule has 1 aliphatic rings. The molecule has 7 heteroatoms. The molecule has 0 spiro atoms. The first kappa shape index (κ1) is 23.2. The van der Waals surface area contributed by atoms with Crippen LogP contribution in [0.3, 0.4) is 0 Å². The van der Waals surface area contributed by atoms with Crippen LogP contribution >= 0.6 is 0 Å². The molecule has 0 bridgehead atoms. The maximum absolute atomic E-state index is 12.6. The minimum Gasteiger partial charge on any atom is -0.481 e. The number of aliphatic hydroxyl groups excluding tert-OH is 1. The van der Waals surface area contributed by atoms with E-state index in [1.807, 2.05) is 48.5 Å². The Morgan fingerprint density at radius 3 is 2.16 bits per heavy atom. The normalized spacial score (nSPS) is 15.1. The standard InChI is InChI=1S/C25H27NO6/c1-3-8-22(23(28)13-20(15(2)27)24(29)30)26-25(31)32-14-21-18-11-6-4-9-16(18)17-10-5-7-12-19(17)21/h3-7,9-12,15,20-22,27H,1,8,13-14H2,2H3,(H,26,31)(H,29,30)/t15?,20-,22-/m0/s1. The van der Waals surface area contributed by atoms with E-state index in [0.717, 1.165) is 22.3 Å². The van der Waals surface area contributed by atoms with Crippen LogP contribution in [0, 0.1) is 5.92 Å². The zero-order valence-corrected chi connectivity index (χ0v) is 17.9. The predicted octanol–water partition coefficient (Wildman–Crippen LogP) is 3.51. The molecule has 3 atom stereocenters. The number of alkyl carbamates (subject to hydrolysis) is 1. The lowest BCUT2D eigenvalue weighted by atomic mass is 9.93. The van der Waals surface area contributed by atoms with Crippen molar-refractivity contribution in [3.05, 3.63) is 72.3 Å². The number of aliphatic hydroxyl groups is 1. The van der Waals surface area contributed by atoms with E-state index < -0.39 is 42.3 Å². The molecule has 2 aromatic rings. The molecule has 7 nitrogen and oxygen atoms in total. The van der Waals surface area contributed by atoms with Crippen LogP contribution in [0.4, 0.5) is 4.79 Å². The van der Waals surface area contributed by atoms with E-state index in [1.54, 1.807) is 0 Å². The van der Waals surface area contributed by atoms with E-state index in [-0.39, 0.29) is 18.9 Å². The molecular formula is C25H27NO6. The third-order valence-corrected chi connectivity index (χ3v) is 5.75. The molecule has 0 fully saturated rings. The number of carbonyl (C=O) groups excluding carboxylic acids is 2. The lowest BCUT2D eigenvalue weighted by Gasteiger charge is -2.20. The quantitative estimate of drug-likeness (QED) is 0.490. The van der Waals surface area contributed by atoms with Crippen LogP contribution in [-0.4, -0.2) is 46.8 Å². The number of hydrogen-bond donors (Lipinski definition) is 3. The van der Waals surface area contributed by atoms with Crippen LogP contribution in [0.2, 0.25) is 0 Å². The Kier molecular flexibility index (Phi) is 7.43. The minimum atomic E-state index is -1.27. The molecule has 3 N–H and O–H groups in total. The predicted molar refractivity (Wildman–Crippen MR) is 119 cm³/mol. The van der Waals surface area contributed by atoms with Gasteiger partial charge in [-0.05, 0) is 35.6 Å². The van der Waals surface area contributed by atoms with Crippen LogP contribution in [0.15, 0.2) is 61.2 Å². The smallest absolute Gasteiger partial charge is 0.407 e. The van der Waals surface area contributed by atoms with Crippen molar-refractivity contribution in [3.63, 3.8) is 0 Å². The third kappa shape index (κ3) is 5.06. The molecule has 0 saturated heterocycles. The number of ketones is 1. The fourth-order valence-corrected chi connectivity index (χ4v) is 4.04. The summed E-state index contributed by atoms with van der Waals surface area (Å²) in [5.74, 6) is -3.15. The van der Waals surface area contributed by atoms with Crippen molar-refractivity contribution in [2.24, 2.45) is 5.92 Å². The number of fused-ring (bicyclic) bond motifs is 3. The highest BCUT2D eigenvalue weighted by molar-refractivity contribution is 5.90. The second-order valence-electron chi connectivity index (χ2n) is 7.90. The van der Waals surface area contributed by atoms with E-state index >= 15 is 0 Å². The number of benzene rings is 2. The Morgan fingerprint density at radius 1 is 1.09 bits per heavy atom. The number of Topliss-reactive ketones (excluding diaryl/α,β-unsaturated/α-hetero) is 1. The zero-order valence-electron chi connectivity index (χ0n) is 17.9. The lowest BCUT2D eigenvalue weighted by Crippen LogP contribution is -2.43. The molecule has 1 amide bonds. The summed E-state index contributed by atoms with van der Waals surface area (Å²) in [6.07, 6.45) is -0.791. The Morgan fingerprint density at radius 2 is 1.66 bits per heavy atom. The van der Waals surface area contributed by atoms with Crippen molar-refractivity contribution in [2.75, 3.05) is 6.61 Å². The van der Waals surface area contributed by atoms with Crippen molar-refractivity contribution >= 4 is 17.8 Å². The molecule has 3 rings (SSSR count). The van der Waals surface area contributed by atoms with Crippen LogP contribution in [-0.2, 0) is 14.3 Å². The SMILES string of the molecule is C=CC[C@H](NC(=O)OCC1c2ccccc2-c2ccccc21)C(=O)C[C@H](C(=O)O)C(C)O. The molecule has 0 aromatic heterocycles. The zero-order chi connectivity index (χ0) is 23.3. The van der Waals surface area contributed by atoms with Gasteiger partial charge in [0.2, 0.25) is 0 Å². The average molecular weight is 437 g/mol. The number of carbonyl (C=O) groups is 3. The number of amides is 1. The van der Waals surface area contributed by atoms with E-state index in [4.69, 9.17) is 4.74 Å². The van der Waals surface area contributed by atoms with Gasteiger partial charge in [-0.1, -0.05) is 54.6 Å². The molecule has 0 radical (unpaired) electrons. The van der Waals surface area contributed by atoms with Gasteiger partial charge in [0.1, 0.15) is 6.61 Å². The van der Waals surface area contributed by atoms with Gasteiger partial charge in [0.25, 0.3) is 0 Å². The fraction of sp³-hybridized carbons (Fsp3) is 0.320. The van der Waals surface area contributed by atoms with Crippen molar-refractivity contribution in [1.29, 1.82) is 0 Å². The molecule has 0 heterocycles. The lowest BCUT2D eigenvalue weighted by molar-refractivity contribution is -0.147. The van der Waals surface area contributed by atoms with Gasteiger partial charge in [-0.2, -0.15) is 0 Å². The first-order valence-electron chi connectivity index (χ1n) is 10.5. The number of rotatable bonds is 10. The van der Waals surface area contributed by atoms with Crippen LogP contribution in [0.1, 0.15) is 36.8 Å². The largest absolute Gasteiger partial charge is 0.481 e. The van der Waals surface area contributed by atoms with Gasteiger partial charge in [0.15, 0.2) is 5.78 Å². The Balaban J connectivity index is 1.66. The van der Waals surface area contributed by atoms with Crippen molar-refractivity contribution in [1.82, 2.24) is 5.32 Å². The van der Waals surface area contributed by atoms with Crippen LogP contribution in [0.25, 0.3) is 11.1 Å². The van der Waals surface area contributed by atoms with E-state index in [2.05, 4.69) is 11.9 Å². The molecule has 168 valence electrons. The summed E-state index contributed by atoms with van der Waals surface area (Å²) in [5, 5.41) is 21.3. The van der Waals surface area contributed by atoms with Gasteiger partial charge in [-0.25, -0.2) is 4.79 Å². The molecule has 1 aliphatic carbocycles. The van der Waals surface area contributed by atoms with Gasteiger partial charge < -0.3 is 20.3 Å². The molecule has 0 saturated carbocycles. The fourth-order valence-electron chi connectivity index (χ4n) is 4.04. The van der Waals surface area contributed by atoms with Gasteiger partial charge in [0.05, 0.1) is 18.1 Å². The van der Waals surface area contributed by atoms with Crippen molar-refractivity contribution in [3.8, 4) is 11.1 Å². The molecule has 2 aromatic carbocycles. The third-order valence-electron chi connectivity index (χ3n) is 5.75. The van der Waals surface area contributed by atoms with Crippen LogP contribution in [0.5, 0.6) is 0 Å². The highest BCUT2D eigenvalue weighted by atomic mass is 16.5.